The molecule has 4 nitrogen and oxygen atoms in total. The van der Waals surface area contributed by atoms with Crippen LogP contribution in [-0.4, -0.2) is 10.9 Å². The lowest BCUT2D eigenvalue weighted by molar-refractivity contribution is 0.102. The van der Waals surface area contributed by atoms with Crippen molar-refractivity contribution in [1.29, 1.82) is 0 Å². The van der Waals surface area contributed by atoms with Crippen molar-refractivity contribution in [3.05, 3.63) is 53.5 Å². The number of nitrogens with zero attached hydrogens (tertiary/aromatic N) is 1. The normalized spacial score (nSPS) is 10.3. The quantitative estimate of drug-likeness (QED) is 0.820. The molecular weight excluding hydrogens is 259 g/mol. The summed E-state index contributed by atoms with van der Waals surface area (Å²) < 4.78 is 39.0. The highest BCUT2D eigenvalue weighted by molar-refractivity contribution is 6.03. The van der Waals surface area contributed by atoms with Gasteiger partial charge in [-0.05, 0) is 24.3 Å². The summed E-state index contributed by atoms with van der Waals surface area (Å²) in [5, 5.41) is 2.08. The number of carbonyl (C=O) groups is 1. The van der Waals surface area contributed by atoms with Crippen LogP contribution in [0.2, 0.25) is 0 Å². The topological polar surface area (TPSA) is 68.0 Å². The van der Waals surface area contributed by atoms with Crippen LogP contribution in [0, 0.1) is 17.5 Å². The fourth-order valence-electron chi connectivity index (χ4n) is 1.39. The van der Waals surface area contributed by atoms with Crippen LogP contribution in [0.5, 0.6) is 0 Å². The molecule has 0 fully saturated rings. The Hall–Kier alpha value is -2.57. The molecule has 0 aliphatic carbocycles. The van der Waals surface area contributed by atoms with Gasteiger partial charge in [0.2, 0.25) is 0 Å². The molecule has 0 saturated heterocycles. The molecule has 0 spiro atoms. The zero-order valence-corrected chi connectivity index (χ0v) is 9.45. The standard InChI is InChI=1S/C12H8F3N3O/c13-6-4-5-7(11(15)10(6)14)18-12(19)8-2-1-3-9(16)17-8/h1-5H,(H2,16,17)(H,18,19). The SMILES string of the molecule is Nc1cccc(C(=O)Nc2ccc(F)c(F)c2F)n1. The van der Waals surface area contributed by atoms with E-state index in [4.69, 9.17) is 5.73 Å². The number of halogens is 3. The zero-order valence-electron chi connectivity index (χ0n) is 9.45. The minimum atomic E-state index is -1.65. The number of hydrogen-bond acceptors (Lipinski definition) is 3. The van der Waals surface area contributed by atoms with Gasteiger partial charge in [-0.25, -0.2) is 18.2 Å². The van der Waals surface area contributed by atoms with Gasteiger partial charge in [0, 0.05) is 0 Å². The highest BCUT2D eigenvalue weighted by Gasteiger charge is 2.16. The largest absolute Gasteiger partial charge is 0.384 e. The molecule has 19 heavy (non-hydrogen) atoms. The monoisotopic (exact) mass is 267 g/mol. The molecule has 3 N–H and O–H groups in total. The number of hydrogen-bond donors (Lipinski definition) is 2. The van der Waals surface area contributed by atoms with E-state index < -0.39 is 29.0 Å². The number of carbonyl (C=O) groups excluding carboxylic acids is 1. The average molecular weight is 267 g/mol. The Morgan fingerprint density at radius 1 is 1.11 bits per heavy atom. The Morgan fingerprint density at radius 3 is 2.53 bits per heavy atom. The molecule has 1 aromatic carbocycles. The first-order valence-electron chi connectivity index (χ1n) is 5.16. The molecule has 0 aliphatic rings. The van der Waals surface area contributed by atoms with Crippen molar-refractivity contribution >= 4 is 17.4 Å². The van der Waals surface area contributed by atoms with Gasteiger partial charge in [-0.2, -0.15) is 0 Å². The number of benzene rings is 1. The van der Waals surface area contributed by atoms with Crippen molar-refractivity contribution in [1.82, 2.24) is 4.98 Å². The molecule has 1 heterocycles. The summed E-state index contributed by atoms with van der Waals surface area (Å²) in [7, 11) is 0. The molecule has 0 bridgehead atoms. The molecule has 0 unspecified atom stereocenters. The van der Waals surface area contributed by atoms with Gasteiger partial charge in [0.1, 0.15) is 11.5 Å². The maximum absolute atomic E-state index is 13.3. The molecule has 98 valence electrons. The van der Waals surface area contributed by atoms with E-state index in [0.717, 1.165) is 6.07 Å². The molecule has 0 radical (unpaired) electrons. The van der Waals surface area contributed by atoms with E-state index in [1.165, 1.54) is 18.2 Å². The van der Waals surface area contributed by atoms with Crippen LogP contribution >= 0.6 is 0 Å². The number of nitrogen functional groups attached to an aromatic ring is 1. The Labute approximate surface area is 106 Å². The molecule has 2 rings (SSSR count). The molecule has 0 atom stereocenters. The van der Waals surface area contributed by atoms with E-state index in [9.17, 15) is 18.0 Å². The molecular formula is C12H8F3N3O. The van der Waals surface area contributed by atoms with E-state index in [1.807, 2.05) is 0 Å². The molecule has 1 aromatic heterocycles. The number of nitrogens with one attached hydrogen (secondary N) is 1. The van der Waals surface area contributed by atoms with Gasteiger partial charge in [-0.3, -0.25) is 4.79 Å². The zero-order chi connectivity index (χ0) is 14.0. The van der Waals surface area contributed by atoms with E-state index in [0.29, 0.717) is 6.07 Å². The lowest BCUT2D eigenvalue weighted by atomic mass is 10.2. The number of rotatable bonds is 2. The first-order valence-corrected chi connectivity index (χ1v) is 5.16. The summed E-state index contributed by atoms with van der Waals surface area (Å²) >= 11 is 0. The van der Waals surface area contributed by atoms with Gasteiger partial charge in [0.15, 0.2) is 17.5 Å². The molecule has 1 amide bonds. The van der Waals surface area contributed by atoms with Crippen molar-refractivity contribution in [3.8, 4) is 0 Å². The molecule has 2 aromatic rings. The number of anilines is 2. The summed E-state index contributed by atoms with van der Waals surface area (Å²) in [5.41, 5.74) is 4.84. The Bertz CT molecular complexity index is 646. The summed E-state index contributed by atoms with van der Waals surface area (Å²) in [6.07, 6.45) is 0. The fraction of sp³-hybridized carbons (Fsp3) is 0. The molecule has 0 saturated carbocycles. The van der Waals surface area contributed by atoms with Crippen molar-refractivity contribution < 1.29 is 18.0 Å². The summed E-state index contributed by atoms with van der Waals surface area (Å²) in [4.78, 5) is 15.4. The number of nitrogens with two attached hydrogens (primary N) is 1. The van der Waals surface area contributed by atoms with Crippen LogP contribution in [0.25, 0.3) is 0 Å². The maximum Gasteiger partial charge on any atom is 0.274 e. The second kappa shape index (κ2) is 4.97. The van der Waals surface area contributed by atoms with Crippen LogP contribution in [0.4, 0.5) is 24.7 Å². The Balaban J connectivity index is 2.27. The van der Waals surface area contributed by atoms with Gasteiger partial charge in [-0.1, -0.05) is 6.07 Å². The highest BCUT2D eigenvalue weighted by atomic mass is 19.2. The minimum Gasteiger partial charge on any atom is -0.384 e. The minimum absolute atomic E-state index is 0.0656. The van der Waals surface area contributed by atoms with Crippen LogP contribution in [0.1, 0.15) is 10.5 Å². The van der Waals surface area contributed by atoms with Gasteiger partial charge in [0.25, 0.3) is 5.91 Å². The van der Waals surface area contributed by atoms with Crippen molar-refractivity contribution in [3.63, 3.8) is 0 Å². The van der Waals surface area contributed by atoms with E-state index >= 15 is 0 Å². The second-order valence-electron chi connectivity index (χ2n) is 3.62. The molecule has 7 heteroatoms. The smallest absolute Gasteiger partial charge is 0.274 e. The predicted octanol–water partition coefficient (Wildman–Crippen LogP) is 2.33. The van der Waals surface area contributed by atoms with Crippen LogP contribution in [0.15, 0.2) is 30.3 Å². The lowest BCUT2D eigenvalue weighted by Crippen LogP contribution is -2.15. The fourth-order valence-corrected chi connectivity index (χ4v) is 1.39. The van der Waals surface area contributed by atoms with Gasteiger partial charge >= 0.3 is 0 Å². The summed E-state index contributed by atoms with van der Waals surface area (Å²) in [5.74, 6) is -5.14. The van der Waals surface area contributed by atoms with Crippen molar-refractivity contribution in [2.75, 3.05) is 11.1 Å². The molecule has 0 aliphatic heterocycles. The van der Waals surface area contributed by atoms with Crippen LogP contribution < -0.4 is 11.1 Å². The van der Waals surface area contributed by atoms with Gasteiger partial charge in [0.05, 0.1) is 5.69 Å². The maximum atomic E-state index is 13.3. The number of pyridine rings is 1. The highest BCUT2D eigenvalue weighted by Crippen LogP contribution is 2.20. The first-order chi connectivity index (χ1) is 8.99. The predicted molar refractivity (Wildman–Crippen MR) is 62.9 cm³/mol. The summed E-state index contributed by atoms with van der Waals surface area (Å²) in [6, 6.07) is 5.93. The van der Waals surface area contributed by atoms with Crippen molar-refractivity contribution in [2.45, 2.75) is 0 Å². The van der Waals surface area contributed by atoms with Crippen LogP contribution in [0.3, 0.4) is 0 Å². The first kappa shape index (κ1) is 12.9. The van der Waals surface area contributed by atoms with E-state index in [2.05, 4.69) is 10.3 Å². The average Bonchev–Trinajstić information content (AvgIpc) is 2.39. The van der Waals surface area contributed by atoms with Crippen LogP contribution in [-0.2, 0) is 0 Å². The van der Waals surface area contributed by atoms with Crippen molar-refractivity contribution in [2.24, 2.45) is 0 Å². The second-order valence-corrected chi connectivity index (χ2v) is 3.62. The van der Waals surface area contributed by atoms with Gasteiger partial charge in [-0.15, -0.1) is 0 Å². The van der Waals surface area contributed by atoms with E-state index in [1.54, 1.807) is 0 Å². The number of aromatic nitrogens is 1. The third-order valence-corrected chi connectivity index (χ3v) is 2.29. The summed E-state index contributed by atoms with van der Waals surface area (Å²) in [6.45, 7) is 0. The third-order valence-electron chi connectivity index (χ3n) is 2.29. The number of amides is 1. The third kappa shape index (κ3) is 2.65. The Kier molecular flexibility index (Phi) is 3.37. The lowest BCUT2D eigenvalue weighted by Gasteiger charge is -2.07. The Morgan fingerprint density at radius 2 is 1.84 bits per heavy atom. The van der Waals surface area contributed by atoms with Gasteiger partial charge < -0.3 is 11.1 Å². The van der Waals surface area contributed by atoms with E-state index in [-0.39, 0.29) is 11.5 Å².